The molecule has 0 aliphatic carbocycles. The van der Waals surface area contributed by atoms with Crippen molar-refractivity contribution >= 4 is 18.6 Å². The van der Waals surface area contributed by atoms with Gasteiger partial charge in [0.25, 0.3) is 0 Å². The Hall–Kier alpha value is -2.18. The third kappa shape index (κ3) is 6.52. The van der Waals surface area contributed by atoms with E-state index in [1.54, 1.807) is 6.07 Å². The van der Waals surface area contributed by atoms with E-state index >= 15 is 0 Å². The lowest BCUT2D eigenvalue weighted by molar-refractivity contribution is 0.332. The summed E-state index contributed by atoms with van der Waals surface area (Å²) < 4.78 is 50.2. The summed E-state index contributed by atoms with van der Waals surface area (Å²) in [6.45, 7) is 7.03. The first-order valence-corrected chi connectivity index (χ1v) is 7.71. The molecule has 0 spiro atoms. The monoisotopic (exact) mass is 349 g/mol. The zero-order valence-corrected chi connectivity index (χ0v) is 13.6. The van der Waals surface area contributed by atoms with Crippen molar-refractivity contribution in [2.45, 2.75) is 26.7 Å². The van der Waals surface area contributed by atoms with E-state index in [2.05, 4.69) is 9.88 Å². The van der Waals surface area contributed by atoms with Crippen LogP contribution in [0.1, 0.15) is 26.7 Å². The Bertz CT molecular complexity index is 566. The Morgan fingerprint density at radius 1 is 1.04 bits per heavy atom. The number of anilines is 1. The Balaban J connectivity index is 0.000000505. The van der Waals surface area contributed by atoms with Crippen LogP contribution < -0.4 is 14.4 Å². The second-order valence-corrected chi connectivity index (χ2v) is 4.94. The van der Waals surface area contributed by atoms with E-state index in [1.165, 1.54) is 12.8 Å². The molecule has 10 heteroatoms. The maximum absolute atomic E-state index is 9.75. The van der Waals surface area contributed by atoms with Crippen molar-refractivity contribution in [1.82, 2.24) is 0 Å². The van der Waals surface area contributed by atoms with Crippen molar-refractivity contribution in [3.63, 3.8) is 0 Å². The number of nitrogens with zero attached hydrogens (tertiary/aromatic N) is 3. The van der Waals surface area contributed by atoms with Crippen LogP contribution in [0.15, 0.2) is 12.1 Å². The molecular formula is C14H20BF4N3O2. The van der Waals surface area contributed by atoms with E-state index in [0.29, 0.717) is 24.7 Å². The molecule has 0 atom stereocenters. The summed E-state index contributed by atoms with van der Waals surface area (Å²) in [4.78, 5) is 5.56. The van der Waals surface area contributed by atoms with Gasteiger partial charge >= 0.3 is 12.9 Å². The molecule has 1 aliphatic rings. The van der Waals surface area contributed by atoms with Gasteiger partial charge in [-0.2, -0.15) is 0 Å². The lowest BCUT2D eigenvalue weighted by Gasteiger charge is -2.21. The summed E-state index contributed by atoms with van der Waals surface area (Å²) in [6.07, 6.45) is 2.39. The fourth-order valence-electron chi connectivity index (χ4n) is 2.36. The number of diazo groups is 1. The van der Waals surface area contributed by atoms with Gasteiger partial charge in [-0.1, -0.05) is 0 Å². The molecule has 1 fully saturated rings. The zero-order valence-electron chi connectivity index (χ0n) is 13.6. The minimum Gasteiger partial charge on any atom is -0.491 e. The summed E-state index contributed by atoms with van der Waals surface area (Å²) in [5, 5.41) is 9.07. The molecule has 1 aromatic carbocycles. The second-order valence-electron chi connectivity index (χ2n) is 4.94. The second kappa shape index (κ2) is 9.20. The summed E-state index contributed by atoms with van der Waals surface area (Å²) >= 11 is 0. The van der Waals surface area contributed by atoms with Crippen LogP contribution in [0.2, 0.25) is 0 Å². The Morgan fingerprint density at radius 2 is 1.54 bits per heavy atom. The first-order valence-electron chi connectivity index (χ1n) is 7.71. The predicted octanol–water partition coefficient (Wildman–Crippen LogP) is 4.87. The van der Waals surface area contributed by atoms with Crippen LogP contribution in [0.3, 0.4) is 0 Å². The van der Waals surface area contributed by atoms with Gasteiger partial charge < -0.3 is 31.6 Å². The normalized spacial score (nSPS) is 13.8. The van der Waals surface area contributed by atoms with Crippen molar-refractivity contribution in [3.05, 3.63) is 17.1 Å². The van der Waals surface area contributed by atoms with Crippen LogP contribution in [-0.2, 0) is 0 Å². The molecule has 24 heavy (non-hydrogen) atoms. The molecule has 1 aliphatic heterocycles. The topological polar surface area (TPSA) is 49.9 Å². The highest BCUT2D eigenvalue weighted by Crippen LogP contribution is 2.41. The van der Waals surface area contributed by atoms with Gasteiger partial charge in [0, 0.05) is 19.2 Å². The van der Waals surface area contributed by atoms with Crippen LogP contribution in [0.5, 0.6) is 11.5 Å². The molecule has 0 unspecified atom stereocenters. The molecule has 0 saturated carbocycles. The highest BCUT2D eigenvalue weighted by molar-refractivity contribution is 6.50. The number of rotatable bonds is 5. The summed E-state index contributed by atoms with van der Waals surface area (Å²) in [5.74, 6) is 1.34. The van der Waals surface area contributed by atoms with Crippen molar-refractivity contribution in [3.8, 4) is 11.5 Å². The molecule has 1 aromatic rings. The third-order valence-electron chi connectivity index (χ3n) is 3.19. The van der Waals surface area contributed by atoms with E-state index in [0.717, 1.165) is 24.5 Å². The third-order valence-corrected chi connectivity index (χ3v) is 3.19. The molecular weight excluding hydrogens is 329 g/mol. The number of hydrogen-bond acceptors (Lipinski definition) is 4. The smallest absolute Gasteiger partial charge is 0.491 e. The first-order chi connectivity index (χ1) is 11.3. The molecule has 1 saturated heterocycles. The molecule has 0 aromatic heterocycles. The van der Waals surface area contributed by atoms with Crippen LogP contribution in [0.4, 0.5) is 28.6 Å². The highest BCUT2D eigenvalue weighted by atomic mass is 19.5. The minimum absolute atomic E-state index is 0.410. The van der Waals surface area contributed by atoms with E-state index in [4.69, 9.17) is 14.9 Å². The number of ether oxygens (including phenoxy) is 2. The van der Waals surface area contributed by atoms with Gasteiger partial charge in [0.05, 0.1) is 25.0 Å². The number of hydrogen-bond donors (Lipinski definition) is 0. The van der Waals surface area contributed by atoms with Gasteiger partial charge in [0.15, 0.2) is 10.7 Å². The molecule has 0 bridgehead atoms. The SMILES string of the molecule is CCOc1cc(N2CCCC2)c(OCC)cc1[N+]#N.F[B-](F)(F)F. The standard InChI is InChI=1S/C14H20N3O2.BF4/c1-3-18-13-10-12(17-7-5-6-8-17)14(19-4-2)9-11(13)16-15;2-1(3,4)5/h9-10H,3-8H2,1-2H3;/q+1;-1. The maximum Gasteiger partial charge on any atom is 0.673 e. The first kappa shape index (κ1) is 19.9. The molecule has 0 radical (unpaired) electrons. The molecule has 5 nitrogen and oxygen atoms in total. The van der Waals surface area contributed by atoms with Crippen molar-refractivity contribution in [2.75, 3.05) is 31.2 Å². The van der Waals surface area contributed by atoms with E-state index in [-0.39, 0.29) is 0 Å². The highest BCUT2D eigenvalue weighted by Gasteiger charge is 2.25. The summed E-state index contributed by atoms with van der Waals surface area (Å²) in [5.41, 5.74) is 1.43. The summed E-state index contributed by atoms with van der Waals surface area (Å²) in [6, 6.07) is 3.65. The van der Waals surface area contributed by atoms with Crippen LogP contribution in [0.25, 0.3) is 4.98 Å². The van der Waals surface area contributed by atoms with E-state index in [9.17, 15) is 17.3 Å². The number of benzene rings is 1. The fraction of sp³-hybridized carbons (Fsp3) is 0.571. The zero-order chi connectivity index (χ0) is 18.2. The average molecular weight is 349 g/mol. The van der Waals surface area contributed by atoms with Gasteiger partial charge in [-0.3, -0.25) is 0 Å². The molecule has 0 amide bonds. The van der Waals surface area contributed by atoms with Crippen LogP contribution >= 0.6 is 0 Å². The lowest BCUT2D eigenvalue weighted by Crippen LogP contribution is -2.18. The van der Waals surface area contributed by atoms with Crippen LogP contribution in [-0.4, -0.2) is 33.6 Å². The van der Waals surface area contributed by atoms with Crippen LogP contribution in [0, 0.1) is 5.39 Å². The molecule has 1 heterocycles. The Morgan fingerprint density at radius 3 is 2.00 bits per heavy atom. The predicted molar refractivity (Wildman–Crippen MR) is 85.2 cm³/mol. The average Bonchev–Trinajstić information content (AvgIpc) is 3.01. The Kier molecular flexibility index (Phi) is 7.62. The van der Waals surface area contributed by atoms with Crippen molar-refractivity contribution < 1.29 is 26.7 Å². The van der Waals surface area contributed by atoms with Gasteiger partial charge in [-0.15, -0.1) is 0 Å². The van der Waals surface area contributed by atoms with Crippen molar-refractivity contribution in [2.24, 2.45) is 0 Å². The molecule has 2 rings (SSSR count). The fourth-order valence-corrected chi connectivity index (χ4v) is 2.36. The lowest BCUT2D eigenvalue weighted by atomic mass is 10.2. The van der Waals surface area contributed by atoms with E-state index in [1.807, 2.05) is 19.9 Å². The van der Waals surface area contributed by atoms with Gasteiger partial charge in [0.1, 0.15) is 0 Å². The molecule has 134 valence electrons. The molecule has 0 N–H and O–H groups in total. The maximum atomic E-state index is 9.75. The quantitative estimate of drug-likeness (QED) is 0.432. The number of halogens is 4. The minimum atomic E-state index is -6.00. The van der Waals surface area contributed by atoms with Gasteiger partial charge in [0.2, 0.25) is 11.1 Å². The van der Waals surface area contributed by atoms with Gasteiger partial charge in [-0.25, -0.2) is 0 Å². The summed E-state index contributed by atoms with van der Waals surface area (Å²) in [7, 11) is -6.00. The van der Waals surface area contributed by atoms with E-state index < -0.39 is 7.25 Å². The Labute approximate surface area is 138 Å². The largest absolute Gasteiger partial charge is 0.673 e. The van der Waals surface area contributed by atoms with Crippen molar-refractivity contribution in [1.29, 1.82) is 5.39 Å². The van der Waals surface area contributed by atoms with Gasteiger partial charge in [-0.05, 0) is 26.7 Å².